The van der Waals surface area contributed by atoms with Crippen molar-refractivity contribution in [2.45, 2.75) is 13.0 Å². The van der Waals surface area contributed by atoms with E-state index in [2.05, 4.69) is 26.2 Å². The van der Waals surface area contributed by atoms with Crippen molar-refractivity contribution in [3.63, 3.8) is 0 Å². The Hall–Kier alpha value is -1.59. The predicted molar refractivity (Wildman–Crippen MR) is 87.0 cm³/mol. The van der Waals surface area contributed by atoms with Crippen LogP contribution in [-0.4, -0.2) is 25.7 Å². The molecule has 0 fully saturated rings. The van der Waals surface area contributed by atoms with Crippen molar-refractivity contribution in [2.24, 2.45) is 0 Å². The van der Waals surface area contributed by atoms with Crippen LogP contribution in [0.25, 0.3) is 0 Å². The van der Waals surface area contributed by atoms with Gasteiger partial charge in [-0.2, -0.15) is 0 Å². The van der Waals surface area contributed by atoms with Crippen LogP contribution in [0.1, 0.15) is 24.1 Å². The monoisotopic (exact) mass is 350 g/mol. The first kappa shape index (κ1) is 15.8. The maximum absolute atomic E-state index is 5.52. The summed E-state index contributed by atoms with van der Waals surface area (Å²) in [4.78, 5) is 4.25. The van der Waals surface area contributed by atoms with Gasteiger partial charge in [0.2, 0.25) is 0 Å². The van der Waals surface area contributed by atoms with Crippen LogP contribution in [0, 0.1) is 0 Å². The zero-order valence-electron chi connectivity index (χ0n) is 12.4. The fourth-order valence-corrected chi connectivity index (χ4v) is 2.79. The second-order valence-electron chi connectivity index (χ2n) is 4.50. The maximum Gasteiger partial charge on any atom is 0.137 e. The molecule has 1 aromatic carbocycles. The van der Waals surface area contributed by atoms with Gasteiger partial charge in [-0.25, -0.2) is 0 Å². The topological polar surface area (TPSA) is 43.4 Å². The van der Waals surface area contributed by atoms with Crippen LogP contribution in [0.5, 0.6) is 11.5 Å². The van der Waals surface area contributed by atoms with Gasteiger partial charge in [0.1, 0.15) is 11.5 Å². The Morgan fingerprint density at radius 2 is 2.05 bits per heavy atom. The summed E-state index contributed by atoms with van der Waals surface area (Å²) in [5, 5.41) is 3.31. The summed E-state index contributed by atoms with van der Waals surface area (Å²) in [6, 6.07) is 8.09. The molecule has 1 unspecified atom stereocenters. The predicted octanol–water partition coefficient (Wildman–Crippen LogP) is 3.56. The smallest absolute Gasteiger partial charge is 0.137 e. The van der Waals surface area contributed by atoms with Crippen molar-refractivity contribution in [1.29, 1.82) is 0 Å². The average Bonchev–Trinajstić information content (AvgIpc) is 2.49. The molecule has 1 heterocycles. The maximum atomic E-state index is 5.52. The molecule has 0 saturated carbocycles. The Morgan fingerprint density at radius 1 is 1.24 bits per heavy atom. The number of halogens is 1. The molecule has 0 saturated heterocycles. The molecule has 112 valence electrons. The van der Waals surface area contributed by atoms with Gasteiger partial charge in [0, 0.05) is 6.20 Å². The van der Waals surface area contributed by atoms with E-state index in [1.807, 2.05) is 44.4 Å². The van der Waals surface area contributed by atoms with E-state index in [9.17, 15) is 0 Å². The van der Waals surface area contributed by atoms with E-state index in [1.54, 1.807) is 13.3 Å². The van der Waals surface area contributed by atoms with Crippen LogP contribution in [-0.2, 0) is 0 Å². The highest BCUT2D eigenvalue weighted by Gasteiger charge is 2.15. The number of aromatic nitrogens is 1. The van der Waals surface area contributed by atoms with Gasteiger partial charge in [0.05, 0.1) is 30.4 Å². The van der Waals surface area contributed by atoms with Crippen molar-refractivity contribution in [3.05, 3.63) is 52.3 Å². The van der Waals surface area contributed by atoms with E-state index >= 15 is 0 Å². The normalized spacial score (nSPS) is 12.0. The SMILES string of the molecule is CCOc1cncc(C(NC)c2ccc(OC)c(Br)c2)c1. The highest BCUT2D eigenvalue weighted by Crippen LogP contribution is 2.31. The zero-order valence-corrected chi connectivity index (χ0v) is 14.0. The molecular weight excluding hydrogens is 332 g/mol. The van der Waals surface area contributed by atoms with Gasteiger partial charge in [-0.15, -0.1) is 0 Å². The molecule has 2 rings (SSSR count). The minimum atomic E-state index is 0.0418. The van der Waals surface area contributed by atoms with Gasteiger partial charge >= 0.3 is 0 Å². The quantitative estimate of drug-likeness (QED) is 0.864. The van der Waals surface area contributed by atoms with Crippen molar-refractivity contribution < 1.29 is 9.47 Å². The van der Waals surface area contributed by atoms with Gasteiger partial charge in [-0.3, -0.25) is 4.98 Å². The molecule has 0 amide bonds. The van der Waals surface area contributed by atoms with Gasteiger partial charge in [0.15, 0.2) is 0 Å². The number of nitrogens with zero attached hydrogens (tertiary/aromatic N) is 1. The molecule has 0 aliphatic carbocycles. The number of rotatable bonds is 6. The Balaban J connectivity index is 2.34. The van der Waals surface area contributed by atoms with Gasteiger partial charge in [0.25, 0.3) is 0 Å². The lowest BCUT2D eigenvalue weighted by molar-refractivity contribution is 0.338. The number of hydrogen-bond donors (Lipinski definition) is 1. The Morgan fingerprint density at radius 3 is 2.67 bits per heavy atom. The molecule has 1 atom stereocenters. The Bertz CT molecular complexity index is 605. The molecule has 1 aromatic heterocycles. The third-order valence-electron chi connectivity index (χ3n) is 3.18. The van der Waals surface area contributed by atoms with Crippen LogP contribution in [0.3, 0.4) is 0 Å². The first-order valence-electron chi connectivity index (χ1n) is 6.78. The first-order valence-corrected chi connectivity index (χ1v) is 7.57. The second kappa shape index (κ2) is 7.43. The van der Waals surface area contributed by atoms with Crippen molar-refractivity contribution in [2.75, 3.05) is 20.8 Å². The summed E-state index contributed by atoms with van der Waals surface area (Å²) in [7, 11) is 3.58. The van der Waals surface area contributed by atoms with Crippen molar-refractivity contribution in [1.82, 2.24) is 10.3 Å². The van der Waals surface area contributed by atoms with E-state index in [0.29, 0.717) is 6.61 Å². The molecule has 4 nitrogen and oxygen atoms in total. The highest BCUT2D eigenvalue weighted by molar-refractivity contribution is 9.10. The number of ether oxygens (including phenoxy) is 2. The molecule has 0 radical (unpaired) electrons. The minimum absolute atomic E-state index is 0.0418. The molecule has 0 aliphatic heterocycles. The van der Waals surface area contributed by atoms with Crippen LogP contribution in [0.2, 0.25) is 0 Å². The number of nitrogens with one attached hydrogen (secondary N) is 1. The Labute approximate surface area is 133 Å². The molecule has 2 aromatic rings. The molecule has 0 bridgehead atoms. The lowest BCUT2D eigenvalue weighted by Gasteiger charge is -2.18. The molecule has 5 heteroatoms. The third-order valence-corrected chi connectivity index (χ3v) is 3.80. The number of benzene rings is 1. The van der Waals surface area contributed by atoms with E-state index < -0.39 is 0 Å². The first-order chi connectivity index (χ1) is 10.2. The van der Waals surface area contributed by atoms with Crippen LogP contribution >= 0.6 is 15.9 Å². The summed E-state index contributed by atoms with van der Waals surface area (Å²) < 4.78 is 11.7. The van der Waals surface area contributed by atoms with Gasteiger partial charge in [-0.1, -0.05) is 6.07 Å². The van der Waals surface area contributed by atoms with Crippen LogP contribution in [0.15, 0.2) is 41.1 Å². The average molecular weight is 351 g/mol. The van der Waals surface area contributed by atoms with E-state index in [4.69, 9.17) is 9.47 Å². The van der Waals surface area contributed by atoms with Crippen molar-refractivity contribution in [3.8, 4) is 11.5 Å². The highest BCUT2D eigenvalue weighted by atomic mass is 79.9. The molecular formula is C16H19BrN2O2. The third kappa shape index (κ3) is 3.74. The lowest BCUT2D eigenvalue weighted by Crippen LogP contribution is -2.18. The van der Waals surface area contributed by atoms with Gasteiger partial charge < -0.3 is 14.8 Å². The summed E-state index contributed by atoms with van der Waals surface area (Å²) in [6.45, 7) is 2.59. The second-order valence-corrected chi connectivity index (χ2v) is 5.36. The Kier molecular flexibility index (Phi) is 5.59. The summed E-state index contributed by atoms with van der Waals surface area (Å²) in [6.07, 6.45) is 3.57. The number of methoxy groups -OCH3 is 1. The molecule has 0 spiro atoms. The largest absolute Gasteiger partial charge is 0.496 e. The standard InChI is InChI=1S/C16H19BrN2O2/c1-4-21-13-7-12(9-19-10-13)16(18-2)11-5-6-15(20-3)14(17)8-11/h5-10,16,18H,4H2,1-3H3. The fourth-order valence-electron chi connectivity index (χ4n) is 2.23. The number of pyridine rings is 1. The van der Waals surface area contributed by atoms with E-state index in [-0.39, 0.29) is 6.04 Å². The molecule has 21 heavy (non-hydrogen) atoms. The lowest BCUT2D eigenvalue weighted by atomic mass is 10.00. The fraction of sp³-hybridized carbons (Fsp3) is 0.312. The summed E-state index contributed by atoms with van der Waals surface area (Å²) >= 11 is 3.52. The minimum Gasteiger partial charge on any atom is -0.496 e. The van der Waals surface area contributed by atoms with E-state index in [0.717, 1.165) is 27.1 Å². The van der Waals surface area contributed by atoms with Crippen LogP contribution in [0.4, 0.5) is 0 Å². The van der Waals surface area contributed by atoms with E-state index in [1.165, 1.54) is 0 Å². The molecule has 1 N–H and O–H groups in total. The van der Waals surface area contributed by atoms with Crippen molar-refractivity contribution >= 4 is 15.9 Å². The molecule has 0 aliphatic rings. The zero-order chi connectivity index (χ0) is 15.2. The van der Waals surface area contributed by atoms with Gasteiger partial charge in [-0.05, 0) is 59.2 Å². The summed E-state index contributed by atoms with van der Waals surface area (Å²) in [5.74, 6) is 1.60. The number of hydrogen-bond acceptors (Lipinski definition) is 4. The summed E-state index contributed by atoms with van der Waals surface area (Å²) in [5.41, 5.74) is 2.18. The van der Waals surface area contributed by atoms with Crippen LogP contribution < -0.4 is 14.8 Å².